The second-order valence-corrected chi connectivity index (χ2v) is 11.0. The second-order valence-electron chi connectivity index (χ2n) is 10.1. The minimum absolute atomic E-state index is 0.162. The summed E-state index contributed by atoms with van der Waals surface area (Å²) in [7, 11) is 0. The van der Waals surface area contributed by atoms with Crippen LogP contribution in [0.15, 0.2) is 89.2 Å². The molecule has 5 rings (SSSR count). The lowest BCUT2D eigenvalue weighted by atomic mass is 9.93. The number of hydrogen-bond donors (Lipinski definition) is 2. The molecule has 2 heterocycles. The number of nitrogens with one attached hydrogen (secondary N) is 2. The summed E-state index contributed by atoms with van der Waals surface area (Å²) in [5.74, 6) is 1.67. The second kappa shape index (κ2) is 10.9. The number of amides is 1. The predicted octanol–water partition coefficient (Wildman–Crippen LogP) is 7.24. The molecule has 1 aliphatic rings. The van der Waals surface area contributed by atoms with Gasteiger partial charge < -0.3 is 10.6 Å². The van der Waals surface area contributed by atoms with Crippen LogP contribution in [0.4, 0.5) is 11.6 Å². The molecular formula is C31H33N5OS. The lowest BCUT2D eigenvalue weighted by Crippen LogP contribution is -2.31. The minimum atomic E-state index is -0.404. The summed E-state index contributed by atoms with van der Waals surface area (Å²) in [5.41, 5.74) is 8.15. The summed E-state index contributed by atoms with van der Waals surface area (Å²) in [6.07, 6.45) is 0. The SMILES string of the molecule is CC1=C(C(=O)Nc2ccccc2)[C@@H](c2ccc(C(C)C)cc2)n2nc(SCc3cc(C)ccc3C)nc2N1. The van der Waals surface area contributed by atoms with E-state index in [4.69, 9.17) is 10.1 Å². The van der Waals surface area contributed by atoms with Crippen molar-refractivity contribution < 1.29 is 4.79 Å². The van der Waals surface area contributed by atoms with Crippen molar-refractivity contribution in [1.29, 1.82) is 0 Å². The third-order valence-electron chi connectivity index (χ3n) is 6.89. The number of nitrogens with zero attached hydrogens (tertiary/aromatic N) is 3. The molecule has 1 amide bonds. The molecule has 6 nitrogen and oxygen atoms in total. The molecular weight excluding hydrogens is 490 g/mol. The Morgan fingerprint density at radius 2 is 1.76 bits per heavy atom. The molecule has 0 spiro atoms. The zero-order valence-corrected chi connectivity index (χ0v) is 23.3. The lowest BCUT2D eigenvalue weighted by Gasteiger charge is -2.29. The van der Waals surface area contributed by atoms with Crippen molar-refractivity contribution in [2.24, 2.45) is 0 Å². The number of aromatic nitrogens is 3. The summed E-state index contributed by atoms with van der Waals surface area (Å²) in [5, 5.41) is 12.0. The lowest BCUT2D eigenvalue weighted by molar-refractivity contribution is -0.113. The Kier molecular flexibility index (Phi) is 7.38. The van der Waals surface area contributed by atoms with Crippen LogP contribution in [-0.2, 0) is 10.5 Å². The summed E-state index contributed by atoms with van der Waals surface area (Å²) >= 11 is 1.60. The number of hydrogen-bond acceptors (Lipinski definition) is 5. The van der Waals surface area contributed by atoms with Gasteiger partial charge in [0.1, 0.15) is 6.04 Å². The Hall–Kier alpha value is -3.84. The first-order valence-corrected chi connectivity index (χ1v) is 13.9. The first-order valence-electron chi connectivity index (χ1n) is 12.9. The van der Waals surface area contributed by atoms with Crippen LogP contribution in [0.1, 0.15) is 60.5 Å². The van der Waals surface area contributed by atoms with E-state index in [0.717, 1.165) is 22.7 Å². The molecule has 1 aromatic heterocycles. The molecule has 194 valence electrons. The summed E-state index contributed by atoms with van der Waals surface area (Å²) in [6, 6.07) is 24.1. The molecule has 0 aliphatic carbocycles. The largest absolute Gasteiger partial charge is 0.328 e. The van der Waals surface area contributed by atoms with Gasteiger partial charge in [-0.15, -0.1) is 5.10 Å². The van der Waals surface area contributed by atoms with E-state index in [0.29, 0.717) is 22.6 Å². The fourth-order valence-corrected chi connectivity index (χ4v) is 5.57. The summed E-state index contributed by atoms with van der Waals surface area (Å²) in [4.78, 5) is 18.5. The van der Waals surface area contributed by atoms with Gasteiger partial charge in [-0.05, 0) is 61.1 Å². The standard InChI is InChI=1S/C31H33N5OS/c1-19(2)23-13-15-24(16-14-23)28-27(29(37)33-26-9-7-6-8-10-26)22(5)32-30-34-31(35-36(28)30)38-18-25-17-20(3)11-12-21(25)4/h6-17,19,28H,18H2,1-5H3,(H,33,37)(H,32,34,35)/t28-/m1/s1. The van der Waals surface area contributed by atoms with Crippen molar-refractivity contribution in [3.8, 4) is 0 Å². The predicted molar refractivity (Wildman–Crippen MR) is 156 cm³/mol. The molecule has 1 atom stereocenters. The first kappa shape index (κ1) is 25.8. The normalized spacial score (nSPS) is 14.8. The zero-order chi connectivity index (χ0) is 26.8. The van der Waals surface area contributed by atoms with Crippen molar-refractivity contribution >= 4 is 29.3 Å². The average molecular weight is 524 g/mol. The van der Waals surface area contributed by atoms with Crippen LogP contribution < -0.4 is 10.6 Å². The van der Waals surface area contributed by atoms with Crippen LogP contribution in [0.25, 0.3) is 0 Å². The van der Waals surface area contributed by atoms with Gasteiger partial charge in [-0.1, -0.05) is 91.8 Å². The molecule has 0 fully saturated rings. The van der Waals surface area contributed by atoms with Gasteiger partial charge in [-0.3, -0.25) is 4.79 Å². The molecule has 4 aromatic rings. The van der Waals surface area contributed by atoms with Gasteiger partial charge in [-0.25, -0.2) is 4.68 Å². The van der Waals surface area contributed by atoms with Crippen LogP contribution in [0.2, 0.25) is 0 Å². The molecule has 3 aromatic carbocycles. The Bertz CT molecular complexity index is 1490. The van der Waals surface area contributed by atoms with Gasteiger partial charge in [-0.2, -0.15) is 4.98 Å². The third kappa shape index (κ3) is 5.38. The van der Waals surface area contributed by atoms with Gasteiger partial charge in [0.15, 0.2) is 0 Å². The monoisotopic (exact) mass is 523 g/mol. The Morgan fingerprint density at radius 1 is 1.03 bits per heavy atom. The highest BCUT2D eigenvalue weighted by atomic mass is 32.2. The number of thioether (sulfide) groups is 1. The molecule has 7 heteroatoms. The third-order valence-corrected chi connectivity index (χ3v) is 7.78. The van der Waals surface area contributed by atoms with Crippen molar-refractivity contribution in [2.75, 3.05) is 10.6 Å². The number of benzene rings is 3. The first-order chi connectivity index (χ1) is 18.3. The number of rotatable bonds is 7. The molecule has 1 aliphatic heterocycles. The molecule has 0 unspecified atom stereocenters. The van der Waals surface area contributed by atoms with Gasteiger partial charge in [0, 0.05) is 17.1 Å². The van der Waals surface area contributed by atoms with Crippen LogP contribution in [0, 0.1) is 13.8 Å². The Balaban J connectivity index is 1.50. The number of carbonyl (C=O) groups excluding carboxylic acids is 1. The molecule has 0 radical (unpaired) electrons. The maximum absolute atomic E-state index is 13.7. The molecule has 0 saturated heterocycles. The van der Waals surface area contributed by atoms with Crippen LogP contribution in [0.3, 0.4) is 0 Å². The zero-order valence-electron chi connectivity index (χ0n) is 22.4. The van der Waals surface area contributed by atoms with Gasteiger partial charge in [0.25, 0.3) is 5.91 Å². The number of carbonyl (C=O) groups is 1. The van der Waals surface area contributed by atoms with E-state index < -0.39 is 6.04 Å². The molecule has 2 N–H and O–H groups in total. The van der Waals surface area contributed by atoms with Crippen molar-refractivity contribution in [2.45, 2.75) is 57.5 Å². The van der Waals surface area contributed by atoms with Gasteiger partial charge in [0.2, 0.25) is 11.1 Å². The topological polar surface area (TPSA) is 71.8 Å². The van der Waals surface area contributed by atoms with Gasteiger partial charge >= 0.3 is 0 Å². The van der Waals surface area contributed by atoms with Crippen LogP contribution in [-0.4, -0.2) is 20.7 Å². The quantitative estimate of drug-likeness (QED) is 0.250. The van der Waals surface area contributed by atoms with E-state index in [2.05, 4.69) is 80.8 Å². The fourth-order valence-electron chi connectivity index (χ4n) is 4.68. The van der Waals surface area contributed by atoms with E-state index >= 15 is 0 Å². The van der Waals surface area contributed by atoms with E-state index in [1.54, 1.807) is 11.8 Å². The smallest absolute Gasteiger partial charge is 0.255 e. The Labute approximate surface area is 228 Å². The minimum Gasteiger partial charge on any atom is -0.328 e. The number of para-hydroxylation sites is 1. The fraction of sp³-hybridized carbons (Fsp3) is 0.258. The van der Waals surface area contributed by atoms with Crippen molar-refractivity contribution in [1.82, 2.24) is 14.8 Å². The number of allylic oxidation sites excluding steroid dienone is 1. The molecule has 0 bridgehead atoms. The summed E-state index contributed by atoms with van der Waals surface area (Å²) < 4.78 is 1.85. The van der Waals surface area contributed by atoms with Crippen molar-refractivity contribution in [3.63, 3.8) is 0 Å². The number of aryl methyl sites for hydroxylation is 2. The maximum atomic E-state index is 13.7. The van der Waals surface area contributed by atoms with E-state index in [-0.39, 0.29) is 5.91 Å². The Morgan fingerprint density at radius 3 is 2.47 bits per heavy atom. The van der Waals surface area contributed by atoms with E-state index in [9.17, 15) is 4.79 Å². The van der Waals surface area contributed by atoms with E-state index in [1.807, 2.05) is 41.9 Å². The number of anilines is 2. The highest BCUT2D eigenvalue weighted by Gasteiger charge is 2.34. The summed E-state index contributed by atoms with van der Waals surface area (Å²) in [6.45, 7) is 10.5. The highest BCUT2D eigenvalue weighted by Crippen LogP contribution is 2.37. The molecule has 0 saturated carbocycles. The highest BCUT2D eigenvalue weighted by molar-refractivity contribution is 7.98. The van der Waals surface area contributed by atoms with Crippen LogP contribution >= 0.6 is 11.8 Å². The van der Waals surface area contributed by atoms with E-state index in [1.165, 1.54) is 22.3 Å². The van der Waals surface area contributed by atoms with Crippen molar-refractivity contribution in [3.05, 3.63) is 112 Å². The van der Waals surface area contributed by atoms with Gasteiger partial charge in [0.05, 0.1) is 5.57 Å². The number of fused-ring (bicyclic) bond motifs is 1. The maximum Gasteiger partial charge on any atom is 0.255 e. The molecule has 38 heavy (non-hydrogen) atoms. The van der Waals surface area contributed by atoms with Crippen LogP contribution in [0.5, 0.6) is 0 Å². The average Bonchev–Trinajstić information content (AvgIpc) is 3.31.